The minimum atomic E-state index is -0.518. The summed E-state index contributed by atoms with van der Waals surface area (Å²) in [5.41, 5.74) is 3.34. The monoisotopic (exact) mass is 325 g/mol. The quantitative estimate of drug-likeness (QED) is 0.676. The molecule has 0 heterocycles. The number of anilines is 1. The standard InChI is InChI=1S/C19H19NO4/c1-12-4-9-17(13(2)10-12)19(23)24-11-18(22)15-5-7-16(8-6-15)20-14(3)21/h4-10H,11H2,1-3H3,(H,20,21). The van der Waals surface area contributed by atoms with Gasteiger partial charge in [-0.05, 0) is 49.7 Å². The smallest absolute Gasteiger partial charge is 0.338 e. The van der Waals surface area contributed by atoms with Crippen LogP contribution in [0.5, 0.6) is 0 Å². The highest BCUT2D eigenvalue weighted by molar-refractivity contribution is 6.00. The molecule has 0 saturated heterocycles. The Labute approximate surface area is 140 Å². The van der Waals surface area contributed by atoms with Gasteiger partial charge < -0.3 is 10.1 Å². The number of esters is 1. The molecule has 0 aliphatic carbocycles. The molecule has 24 heavy (non-hydrogen) atoms. The first-order valence-corrected chi connectivity index (χ1v) is 7.52. The van der Waals surface area contributed by atoms with Crippen LogP contribution in [-0.4, -0.2) is 24.3 Å². The summed E-state index contributed by atoms with van der Waals surface area (Å²) in [5.74, 6) is -1.00. The number of hydrogen-bond donors (Lipinski definition) is 1. The van der Waals surface area contributed by atoms with Crippen LogP contribution in [0.2, 0.25) is 0 Å². The van der Waals surface area contributed by atoms with E-state index in [1.165, 1.54) is 6.92 Å². The fourth-order valence-electron chi connectivity index (χ4n) is 2.28. The third kappa shape index (κ3) is 4.52. The highest BCUT2D eigenvalue weighted by Gasteiger charge is 2.14. The van der Waals surface area contributed by atoms with Crippen LogP contribution in [-0.2, 0) is 9.53 Å². The summed E-state index contributed by atoms with van der Waals surface area (Å²) >= 11 is 0. The van der Waals surface area contributed by atoms with Crippen molar-refractivity contribution in [1.29, 1.82) is 0 Å². The molecule has 1 N–H and O–H groups in total. The first kappa shape index (κ1) is 17.4. The predicted molar refractivity (Wildman–Crippen MR) is 91.3 cm³/mol. The topological polar surface area (TPSA) is 72.5 Å². The van der Waals surface area contributed by atoms with Crippen molar-refractivity contribution in [3.05, 3.63) is 64.7 Å². The maximum absolute atomic E-state index is 12.1. The Hall–Kier alpha value is -2.95. The molecule has 5 nitrogen and oxygen atoms in total. The van der Waals surface area contributed by atoms with Crippen molar-refractivity contribution < 1.29 is 19.1 Å². The van der Waals surface area contributed by atoms with Crippen LogP contribution in [0.4, 0.5) is 5.69 Å². The van der Waals surface area contributed by atoms with Gasteiger partial charge in [0.2, 0.25) is 5.91 Å². The van der Waals surface area contributed by atoms with E-state index in [9.17, 15) is 14.4 Å². The molecule has 0 aliphatic heterocycles. The molecule has 0 unspecified atom stereocenters. The number of aryl methyl sites for hydroxylation is 2. The van der Waals surface area contributed by atoms with Crippen LogP contribution < -0.4 is 5.32 Å². The Balaban J connectivity index is 1.97. The SMILES string of the molecule is CC(=O)Nc1ccc(C(=O)COC(=O)c2ccc(C)cc2C)cc1. The van der Waals surface area contributed by atoms with Gasteiger partial charge in [0.05, 0.1) is 5.56 Å². The van der Waals surface area contributed by atoms with E-state index in [4.69, 9.17) is 4.74 Å². The maximum atomic E-state index is 12.1. The second kappa shape index (κ2) is 7.55. The van der Waals surface area contributed by atoms with Crippen molar-refractivity contribution in [2.75, 3.05) is 11.9 Å². The first-order chi connectivity index (χ1) is 11.4. The van der Waals surface area contributed by atoms with E-state index in [0.29, 0.717) is 16.8 Å². The normalized spacial score (nSPS) is 10.1. The van der Waals surface area contributed by atoms with Gasteiger partial charge in [-0.1, -0.05) is 17.7 Å². The Morgan fingerprint density at radius 3 is 2.25 bits per heavy atom. The summed E-state index contributed by atoms with van der Waals surface area (Å²) in [6.07, 6.45) is 0. The summed E-state index contributed by atoms with van der Waals surface area (Å²) < 4.78 is 5.10. The van der Waals surface area contributed by atoms with Crippen LogP contribution in [0.25, 0.3) is 0 Å². The van der Waals surface area contributed by atoms with E-state index >= 15 is 0 Å². The molecule has 0 saturated carbocycles. The molecule has 2 aromatic rings. The van der Waals surface area contributed by atoms with Crippen LogP contribution in [0.3, 0.4) is 0 Å². The minimum Gasteiger partial charge on any atom is -0.454 e. The summed E-state index contributed by atoms with van der Waals surface area (Å²) in [5, 5.41) is 2.62. The molecule has 2 rings (SSSR count). The van der Waals surface area contributed by atoms with Gasteiger partial charge in [0.25, 0.3) is 0 Å². The van der Waals surface area contributed by atoms with Crippen molar-refractivity contribution >= 4 is 23.3 Å². The van der Waals surface area contributed by atoms with E-state index in [0.717, 1.165) is 11.1 Å². The van der Waals surface area contributed by atoms with Crippen molar-refractivity contribution in [2.45, 2.75) is 20.8 Å². The van der Waals surface area contributed by atoms with Gasteiger partial charge in [-0.3, -0.25) is 9.59 Å². The fraction of sp³-hybridized carbons (Fsp3) is 0.211. The minimum absolute atomic E-state index is 0.184. The highest BCUT2D eigenvalue weighted by atomic mass is 16.5. The molecule has 0 bridgehead atoms. The summed E-state index contributed by atoms with van der Waals surface area (Å²) in [6.45, 7) is 4.85. The summed E-state index contributed by atoms with van der Waals surface area (Å²) in [6, 6.07) is 11.8. The number of benzene rings is 2. The van der Waals surface area contributed by atoms with Gasteiger partial charge in [0, 0.05) is 18.2 Å². The van der Waals surface area contributed by atoms with E-state index in [1.54, 1.807) is 30.3 Å². The number of ether oxygens (including phenoxy) is 1. The Bertz CT molecular complexity index is 778. The third-order valence-electron chi connectivity index (χ3n) is 3.46. The number of hydrogen-bond acceptors (Lipinski definition) is 4. The maximum Gasteiger partial charge on any atom is 0.338 e. The highest BCUT2D eigenvalue weighted by Crippen LogP contribution is 2.13. The van der Waals surface area contributed by atoms with Crippen molar-refractivity contribution in [3.8, 4) is 0 Å². The third-order valence-corrected chi connectivity index (χ3v) is 3.46. The van der Waals surface area contributed by atoms with Crippen LogP contribution in [0.15, 0.2) is 42.5 Å². The Kier molecular flexibility index (Phi) is 5.47. The van der Waals surface area contributed by atoms with Crippen LogP contribution in [0, 0.1) is 13.8 Å². The lowest BCUT2D eigenvalue weighted by molar-refractivity contribution is -0.114. The molecule has 0 atom stereocenters. The zero-order valence-corrected chi connectivity index (χ0v) is 13.9. The molecule has 2 aromatic carbocycles. The van der Waals surface area contributed by atoms with Gasteiger partial charge in [-0.25, -0.2) is 4.79 Å². The molecule has 0 spiro atoms. The largest absolute Gasteiger partial charge is 0.454 e. The van der Waals surface area contributed by atoms with Gasteiger partial charge in [-0.15, -0.1) is 0 Å². The van der Waals surface area contributed by atoms with Gasteiger partial charge in [0.15, 0.2) is 12.4 Å². The number of carbonyl (C=O) groups is 3. The molecule has 0 radical (unpaired) electrons. The molecule has 0 aliphatic rings. The Morgan fingerprint density at radius 2 is 1.67 bits per heavy atom. The molecular weight excluding hydrogens is 306 g/mol. The average Bonchev–Trinajstić information content (AvgIpc) is 2.52. The molecule has 5 heteroatoms. The molecule has 1 amide bonds. The number of ketones is 1. The molecule has 124 valence electrons. The summed E-state index contributed by atoms with van der Waals surface area (Å²) in [4.78, 5) is 35.1. The summed E-state index contributed by atoms with van der Waals surface area (Å²) in [7, 11) is 0. The average molecular weight is 325 g/mol. The van der Waals surface area contributed by atoms with Crippen molar-refractivity contribution in [1.82, 2.24) is 0 Å². The lowest BCUT2D eigenvalue weighted by Crippen LogP contribution is -2.15. The zero-order chi connectivity index (χ0) is 17.7. The predicted octanol–water partition coefficient (Wildman–Crippen LogP) is 3.30. The van der Waals surface area contributed by atoms with E-state index < -0.39 is 5.97 Å². The van der Waals surface area contributed by atoms with Gasteiger partial charge >= 0.3 is 5.97 Å². The van der Waals surface area contributed by atoms with Crippen molar-refractivity contribution in [2.24, 2.45) is 0 Å². The number of carbonyl (C=O) groups excluding carboxylic acids is 3. The lowest BCUT2D eigenvalue weighted by Gasteiger charge is -2.08. The lowest BCUT2D eigenvalue weighted by atomic mass is 10.1. The fourth-order valence-corrected chi connectivity index (χ4v) is 2.28. The van der Waals surface area contributed by atoms with Gasteiger partial charge in [0.1, 0.15) is 0 Å². The molecule has 0 aromatic heterocycles. The molecule has 0 fully saturated rings. The van der Waals surface area contributed by atoms with E-state index in [2.05, 4.69) is 5.32 Å². The van der Waals surface area contributed by atoms with Gasteiger partial charge in [-0.2, -0.15) is 0 Å². The van der Waals surface area contributed by atoms with Crippen LogP contribution >= 0.6 is 0 Å². The van der Waals surface area contributed by atoms with Crippen molar-refractivity contribution in [3.63, 3.8) is 0 Å². The number of amides is 1. The number of Topliss-reactive ketones (excluding diaryl/α,β-unsaturated/α-hetero) is 1. The van der Waals surface area contributed by atoms with E-state index in [1.807, 2.05) is 26.0 Å². The van der Waals surface area contributed by atoms with Crippen LogP contribution in [0.1, 0.15) is 38.8 Å². The second-order valence-electron chi connectivity index (χ2n) is 5.58. The molecular formula is C19H19NO4. The zero-order valence-electron chi connectivity index (χ0n) is 13.9. The number of rotatable bonds is 5. The second-order valence-corrected chi connectivity index (χ2v) is 5.58. The number of nitrogens with one attached hydrogen (secondary N) is 1. The first-order valence-electron chi connectivity index (χ1n) is 7.52. The van der Waals surface area contributed by atoms with E-state index in [-0.39, 0.29) is 18.3 Å². The Morgan fingerprint density at radius 1 is 1.00 bits per heavy atom.